The van der Waals surface area contributed by atoms with Crippen molar-refractivity contribution >= 4 is 28.9 Å². The number of nitrogens with zero attached hydrogens (tertiary/aromatic N) is 1. The molecular weight excluding hydrogens is 371 g/mol. The van der Waals surface area contributed by atoms with Gasteiger partial charge in [0.25, 0.3) is 0 Å². The highest BCUT2D eigenvalue weighted by molar-refractivity contribution is 6.42. The summed E-state index contributed by atoms with van der Waals surface area (Å²) in [5.41, 5.74) is 2.23. The Hall–Kier alpha value is -1.62. The zero-order valence-electron chi connectivity index (χ0n) is 15.5. The molecule has 26 heavy (non-hydrogen) atoms. The first-order valence-electron chi connectivity index (χ1n) is 8.62. The highest BCUT2D eigenvalue weighted by Gasteiger charge is 2.06. The highest BCUT2D eigenvalue weighted by Crippen LogP contribution is 2.27. The number of hydrogen-bond donors (Lipinski definition) is 1. The summed E-state index contributed by atoms with van der Waals surface area (Å²) in [7, 11) is 5.45. The van der Waals surface area contributed by atoms with E-state index in [-0.39, 0.29) is 0 Å². The number of hydrogen-bond acceptors (Lipinski definition) is 4. The summed E-state index contributed by atoms with van der Waals surface area (Å²) in [6.45, 7) is 2.89. The van der Waals surface area contributed by atoms with E-state index in [9.17, 15) is 0 Å². The second-order valence-electron chi connectivity index (χ2n) is 6.15. The van der Waals surface area contributed by atoms with Gasteiger partial charge in [0.05, 0.1) is 24.3 Å². The maximum absolute atomic E-state index is 6.02. The van der Waals surface area contributed by atoms with Crippen LogP contribution in [-0.4, -0.2) is 45.8 Å². The van der Waals surface area contributed by atoms with E-state index in [2.05, 4.69) is 23.3 Å². The van der Waals surface area contributed by atoms with E-state index in [4.69, 9.17) is 32.7 Å². The third kappa shape index (κ3) is 6.27. The van der Waals surface area contributed by atoms with Crippen LogP contribution >= 0.6 is 23.2 Å². The second kappa shape index (κ2) is 10.5. The molecule has 0 atom stereocenters. The third-order valence-corrected chi connectivity index (χ3v) is 4.93. The Bertz CT molecular complexity index is 710. The maximum atomic E-state index is 6.02. The van der Waals surface area contributed by atoms with Gasteiger partial charge in [0, 0.05) is 18.8 Å². The van der Waals surface area contributed by atoms with Gasteiger partial charge in [-0.1, -0.05) is 29.3 Å². The van der Waals surface area contributed by atoms with Crippen molar-refractivity contribution < 1.29 is 9.47 Å². The van der Waals surface area contributed by atoms with E-state index in [1.54, 1.807) is 14.2 Å². The number of methoxy groups -OCH3 is 2. The molecule has 6 heteroatoms. The summed E-state index contributed by atoms with van der Waals surface area (Å²) in [4.78, 5) is 2.33. The number of likely N-dealkylation sites (N-methyl/N-ethyl adjacent to an activating group) is 1. The highest BCUT2D eigenvalue weighted by atomic mass is 35.5. The zero-order valence-corrected chi connectivity index (χ0v) is 17.0. The van der Waals surface area contributed by atoms with Crippen LogP contribution in [0.2, 0.25) is 10.0 Å². The average molecular weight is 397 g/mol. The molecule has 2 aromatic rings. The average Bonchev–Trinajstić information content (AvgIpc) is 2.66. The fourth-order valence-electron chi connectivity index (χ4n) is 2.66. The van der Waals surface area contributed by atoms with Crippen molar-refractivity contribution in [3.05, 3.63) is 52.0 Å². The SMILES string of the molecule is COc1ccc(CCN(C)CCCNc2ccc(Cl)c(Cl)c2)cc1OC. The molecule has 0 aromatic heterocycles. The molecule has 0 amide bonds. The van der Waals surface area contributed by atoms with Crippen molar-refractivity contribution in [3.63, 3.8) is 0 Å². The van der Waals surface area contributed by atoms with Crippen LogP contribution in [0.25, 0.3) is 0 Å². The van der Waals surface area contributed by atoms with Gasteiger partial charge in [0.15, 0.2) is 11.5 Å². The minimum absolute atomic E-state index is 0.573. The number of ether oxygens (including phenoxy) is 2. The van der Waals surface area contributed by atoms with Gasteiger partial charge < -0.3 is 19.7 Å². The predicted molar refractivity (Wildman–Crippen MR) is 110 cm³/mol. The van der Waals surface area contributed by atoms with Crippen LogP contribution in [0.4, 0.5) is 5.69 Å². The van der Waals surface area contributed by atoms with E-state index < -0.39 is 0 Å². The number of rotatable bonds is 10. The Morgan fingerprint density at radius 3 is 2.38 bits per heavy atom. The van der Waals surface area contributed by atoms with Gasteiger partial charge in [-0.05, 0) is 62.3 Å². The van der Waals surface area contributed by atoms with E-state index in [1.165, 1.54) is 5.56 Å². The number of nitrogens with one attached hydrogen (secondary N) is 1. The third-order valence-electron chi connectivity index (χ3n) is 4.20. The molecule has 0 unspecified atom stereocenters. The van der Waals surface area contributed by atoms with Crippen molar-refractivity contribution in [2.24, 2.45) is 0 Å². The Balaban J connectivity index is 1.70. The monoisotopic (exact) mass is 396 g/mol. The molecule has 0 aliphatic rings. The smallest absolute Gasteiger partial charge is 0.160 e. The molecule has 1 N–H and O–H groups in total. The van der Waals surface area contributed by atoms with Crippen LogP contribution < -0.4 is 14.8 Å². The maximum Gasteiger partial charge on any atom is 0.160 e. The van der Waals surface area contributed by atoms with Gasteiger partial charge in [-0.25, -0.2) is 0 Å². The topological polar surface area (TPSA) is 33.7 Å². The van der Waals surface area contributed by atoms with Gasteiger partial charge in [-0.3, -0.25) is 0 Å². The predicted octanol–water partition coefficient (Wildman–Crippen LogP) is 4.99. The molecule has 0 fully saturated rings. The van der Waals surface area contributed by atoms with Crippen molar-refractivity contribution in [2.45, 2.75) is 12.8 Å². The van der Waals surface area contributed by atoms with Crippen molar-refractivity contribution in [2.75, 3.05) is 46.2 Å². The number of benzene rings is 2. The minimum atomic E-state index is 0.573. The molecular formula is C20H26Cl2N2O2. The van der Waals surface area contributed by atoms with Crippen LogP contribution in [0.3, 0.4) is 0 Å². The Morgan fingerprint density at radius 2 is 1.69 bits per heavy atom. The molecule has 4 nitrogen and oxygen atoms in total. The second-order valence-corrected chi connectivity index (χ2v) is 6.97. The molecule has 0 bridgehead atoms. The Kier molecular flexibility index (Phi) is 8.36. The summed E-state index contributed by atoms with van der Waals surface area (Å²) in [5.74, 6) is 1.54. The first kappa shape index (κ1) is 20.7. The fourth-order valence-corrected chi connectivity index (χ4v) is 2.95. The first-order chi connectivity index (χ1) is 12.5. The molecule has 0 heterocycles. The first-order valence-corrected chi connectivity index (χ1v) is 9.37. The van der Waals surface area contributed by atoms with E-state index in [1.807, 2.05) is 30.3 Å². The molecule has 0 radical (unpaired) electrons. The number of halogens is 2. The summed E-state index contributed by atoms with van der Waals surface area (Å²) < 4.78 is 10.6. The molecule has 0 aliphatic carbocycles. The molecule has 2 aromatic carbocycles. The van der Waals surface area contributed by atoms with Crippen LogP contribution in [0.5, 0.6) is 11.5 Å². The van der Waals surface area contributed by atoms with Gasteiger partial charge in [0.2, 0.25) is 0 Å². The van der Waals surface area contributed by atoms with Crippen LogP contribution in [0.1, 0.15) is 12.0 Å². The Morgan fingerprint density at radius 1 is 0.923 bits per heavy atom. The van der Waals surface area contributed by atoms with E-state index >= 15 is 0 Å². The van der Waals surface area contributed by atoms with Crippen LogP contribution in [0.15, 0.2) is 36.4 Å². The zero-order chi connectivity index (χ0) is 18.9. The lowest BCUT2D eigenvalue weighted by molar-refractivity contribution is 0.335. The van der Waals surface area contributed by atoms with E-state index in [0.29, 0.717) is 10.0 Å². The lowest BCUT2D eigenvalue weighted by Gasteiger charge is -2.17. The van der Waals surface area contributed by atoms with Crippen molar-refractivity contribution in [1.82, 2.24) is 4.90 Å². The van der Waals surface area contributed by atoms with Crippen LogP contribution in [0, 0.1) is 0 Å². The van der Waals surface area contributed by atoms with Crippen molar-refractivity contribution in [1.29, 1.82) is 0 Å². The summed E-state index contributed by atoms with van der Waals surface area (Å²) in [5, 5.41) is 4.52. The molecule has 2 rings (SSSR count). The van der Waals surface area contributed by atoms with Gasteiger partial charge in [-0.2, -0.15) is 0 Å². The quantitative estimate of drug-likeness (QED) is 0.573. The summed E-state index contributed by atoms with van der Waals surface area (Å²) >= 11 is 11.9. The van der Waals surface area contributed by atoms with E-state index in [0.717, 1.165) is 49.7 Å². The van der Waals surface area contributed by atoms with Gasteiger partial charge >= 0.3 is 0 Å². The molecule has 0 spiro atoms. The molecule has 142 valence electrons. The molecule has 0 saturated carbocycles. The summed E-state index contributed by atoms with van der Waals surface area (Å²) in [6.07, 6.45) is 2.01. The largest absolute Gasteiger partial charge is 0.493 e. The van der Waals surface area contributed by atoms with Gasteiger partial charge in [0.1, 0.15) is 0 Å². The Labute approximate surface area is 166 Å². The number of anilines is 1. The standard InChI is InChI=1S/C20H26Cl2N2O2/c1-24(11-4-10-23-16-6-7-17(21)18(22)14-16)12-9-15-5-8-19(25-2)20(13-15)26-3/h5-8,13-14,23H,4,9-12H2,1-3H3. The summed E-state index contributed by atoms with van der Waals surface area (Å²) in [6, 6.07) is 11.7. The lowest BCUT2D eigenvalue weighted by Crippen LogP contribution is -2.24. The lowest BCUT2D eigenvalue weighted by atomic mass is 10.1. The minimum Gasteiger partial charge on any atom is -0.493 e. The fraction of sp³-hybridized carbons (Fsp3) is 0.400. The van der Waals surface area contributed by atoms with Crippen LogP contribution in [-0.2, 0) is 6.42 Å². The molecule has 0 saturated heterocycles. The molecule has 0 aliphatic heterocycles. The van der Waals surface area contributed by atoms with Gasteiger partial charge in [-0.15, -0.1) is 0 Å². The normalized spacial score (nSPS) is 10.8. The van der Waals surface area contributed by atoms with Crippen molar-refractivity contribution in [3.8, 4) is 11.5 Å².